The lowest BCUT2D eigenvalue weighted by atomic mass is 10.1. The fourth-order valence-electron chi connectivity index (χ4n) is 1.05. The highest BCUT2D eigenvalue weighted by Gasteiger charge is 2.06. The van der Waals surface area contributed by atoms with Gasteiger partial charge in [0.1, 0.15) is 0 Å². The van der Waals surface area contributed by atoms with Gasteiger partial charge in [0.05, 0.1) is 12.0 Å². The molecule has 12 heavy (non-hydrogen) atoms. The first-order valence-corrected chi connectivity index (χ1v) is 4.97. The average Bonchev–Trinajstić information content (AvgIpc) is 2.01. The lowest BCUT2D eigenvalue weighted by Crippen LogP contribution is -1.98. The largest absolute Gasteiger partial charge is 0.387 e. The van der Waals surface area contributed by atoms with Crippen LogP contribution in [-0.4, -0.2) is 11.0 Å². The van der Waals surface area contributed by atoms with Crippen molar-refractivity contribution in [2.75, 3.05) is 5.88 Å². The van der Waals surface area contributed by atoms with Crippen molar-refractivity contribution in [2.45, 2.75) is 13.0 Å². The maximum Gasteiger partial charge on any atom is 0.0925 e. The van der Waals surface area contributed by atoms with Crippen molar-refractivity contribution >= 4 is 27.5 Å². The predicted octanol–water partition coefficient (Wildman–Crippen LogP) is 3.03. The predicted molar refractivity (Wildman–Crippen MR) is 54.6 cm³/mol. The van der Waals surface area contributed by atoms with E-state index < -0.39 is 6.10 Å². The van der Waals surface area contributed by atoms with Crippen LogP contribution < -0.4 is 0 Å². The first-order chi connectivity index (χ1) is 5.63. The second kappa shape index (κ2) is 4.26. The highest BCUT2D eigenvalue weighted by atomic mass is 79.9. The zero-order valence-corrected chi connectivity index (χ0v) is 9.06. The van der Waals surface area contributed by atoms with Crippen molar-refractivity contribution in [3.63, 3.8) is 0 Å². The maximum absolute atomic E-state index is 9.43. The molecule has 0 radical (unpaired) electrons. The molecule has 1 nitrogen and oxygen atoms in total. The van der Waals surface area contributed by atoms with Gasteiger partial charge in [0.15, 0.2) is 0 Å². The Morgan fingerprint density at radius 3 is 2.67 bits per heavy atom. The van der Waals surface area contributed by atoms with Gasteiger partial charge < -0.3 is 5.11 Å². The first kappa shape index (κ1) is 10.0. The van der Waals surface area contributed by atoms with Gasteiger partial charge in [-0.25, -0.2) is 0 Å². The molecule has 0 fully saturated rings. The summed E-state index contributed by atoms with van der Waals surface area (Å²) in [5, 5.41) is 9.43. The third-order valence-electron chi connectivity index (χ3n) is 1.60. The molecule has 0 heterocycles. The number of halogens is 2. The van der Waals surface area contributed by atoms with Crippen LogP contribution in [0.3, 0.4) is 0 Å². The molecule has 0 aliphatic rings. The molecule has 0 saturated carbocycles. The second-order valence-corrected chi connectivity index (χ2v) is 3.96. The van der Waals surface area contributed by atoms with E-state index in [1.54, 1.807) is 0 Å². The van der Waals surface area contributed by atoms with Crippen molar-refractivity contribution in [3.8, 4) is 0 Å². The topological polar surface area (TPSA) is 20.2 Å². The van der Waals surface area contributed by atoms with E-state index in [1.807, 2.05) is 25.1 Å². The van der Waals surface area contributed by atoms with Crippen molar-refractivity contribution in [3.05, 3.63) is 33.8 Å². The number of hydrogen-bond donors (Lipinski definition) is 1. The molecular weight excluding hydrogens is 239 g/mol. The zero-order valence-electron chi connectivity index (χ0n) is 6.72. The second-order valence-electron chi connectivity index (χ2n) is 2.73. The Kier molecular flexibility index (Phi) is 3.56. The minimum absolute atomic E-state index is 0.232. The number of benzene rings is 1. The van der Waals surface area contributed by atoms with E-state index in [4.69, 9.17) is 11.6 Å². The molecule has 3 heteroatoms. The monoisotopic (exact) mass is 248 g/mol. The molecule has 1 rings (SSSR count). The van der Waals surface area contributed by atoms with Crippen LogP contribution in [0.15, 0.2) is 22.7 Å². The molecule has 1 aromatic carbocycles. The maximum atomic E-state index is 9.43. The zero-order chi connectivity index (χ0) is 9.14. The normalized spacial score (nSPS) is 13.0. The Labute approximate surface area is 85.5 Å². The Hall–Kier alpha value is -0.0500. The van der Waals surface area contributed by atoms with Crippen LogP contribution in [0.5, 0.6) is 0 Å². The lowest BCUT2D eigenvalue weighted by molar-refractivity contribution is 0.202. The third-order valence-corrected chi connectivity index (χ3v) is 2.35. The summed E-state index contributed by atoms with van der Waals surface area (Å²) in [4.78, 5) is 0. The summed E-state index contributed by atoms with van der Waals surface area (Å²) < 4.78 is 0.974. The minimum Gasteiger partial charge on any atom is -0.387 e. The quantitative estimate of drug-likeness (QED) is 0.799. The number of rotatable bonds is 2. The number of aliphatic hydroxyl groups excluding tert-OH is 1. The van der Waals surface area contributed by atoms with Gasteiger partial charge in [-0.3, -0.25) is 0 Å². The molecule has 0 amide bonds. The number of aliphatic hydroxyl groups is 1. The van der Waals surface area contributed by atoms with Crippen LogP contribution in [0.2, 0.25) is 0 Å². The summed E-state index contributed by atoms with van der Waals surface area (Å²) in [5.74, 6) is 0.232. The molecule has 0 saturated heterocycles. The summed E-state index contributed by atoms with van der Waals surface area (Å²) in [6, 6.07) is 5.79. The number of alkyl halides is 1. The highest BCUT2D eigenvalue weighted by molar-refractivity contribution is 9.10. The van der Waals surface area contributed by atoms with E-state index in [0.717, 1.165) is 15.6 Å². The van der Waals surface area contributed by atoms with E-state index in [-0.39, 0.29) is 5.88 Å². The van der Waals surface area contributed by atoms with E-state index in [1.165, 1.54) is 0 Å². The fourth-order valence-corrected chi connectivity index (χ4v) is 1.85. The van der Waals surface area contributed by atoms with Crippen LogP contribution >= 0.6 is 27.5 Å². The van der Waals surface area contributed by atoms with Gasteiger partial charge in [-0.2, -0.15) is 0 Å². The summed E-state index contributed by atoms with van der Waals surface area (Å²) in [6.07, 6.45) is -0.567. The number of hydrogen-bond acceptors (Lipinski definition) is 1. The van der Waals surface area contributed by atoms with Gasteiger partial charge >= 0.3 is 0 Å². The van der Waals surface area contributed by atoms with E-state index in [9.17, 15) is 5.11 Å². The summed E-state index contributed by atoms with van der Waals surface area (Å²) in [5.41, 5.74) is 1.97. The highest BCUT2D eigenvalue weighted by Crippen LogP contribution is 2.21. The minimum atomic E-state index is -0.567. The Bertz CT molecular complexity index is 255. The summed E-state index contributed by atoms with van der Waals surface area (Å²) >= 11 is 8.88. The van der Waals surface area contributed by atoms with Crippen LogP contribution in [0.4, 0.5) is 0 Å². The van der Waals surface area contributed by atoms with Crippen LogP contribution in [0.1, 0.15) is 17.2 Å². The molecule has 0 unspecified atom stereocenters. The molecule has 66 valence electrons. The molecule has 0 aromatic heterocycles. The van der Waals surface area contributed by atoms with E-state index in [0.29, 0.717) is 0 Å². The lowest BCUT2D eigenvalue weighted by Gasteiger charge is -2.08. The van der Waals surface area contributed by atoms with Gasteiger partial charge in [0.2, 0.25) is 0 Å². The van der Waals surface area contributed by atoms with Crippen molar-refractivity contribution < 1.29 is 5.11 Å². The standard InChI is InChI=1S/C9H10BrClO/c1-6-2-7(9(12)5-11)4-8(10)3-6/h2-4,9,12H,5H2,1H3/t9-/m1/s1. The molecular formula is C9H10BrClO. The van der Waals surface area contributed by atoms with Gasteiger partial charge in [-0.15, -0.1) is 11.6 Å². The van der Waals surface area contributed by atoms with Gasteiger partial charge in [-0.1, -0.05) is 22.0 Å². The van der Waals surface area contributed by atoms with Crippen molar-refractivity contribution in [1.82, 2.24) is 0 Å². The first-order valence-electron chi connectivity index (χ1n) is 3.64. The smallest absolute Gasteiger partial charge is 0.0925 e. The average molecular weight is 250 g/mol. The van der Waals surface area contributed by atoms with Gasteiger partial charge in [0.25, 0.3) is 0 Å². The SMILES string of the molecule is Cc1cc(Br)cc([C@H](O)CCl)c1. The summed E-state index contributed by atoms with van der Waals surface area (Å²) in [6.45, 7) is 1.98. The Morgan fingerprint density at radius 1 is 1.50 bits per heavy atom. The summed E-state index contributed by atoms with van der Waals surface area (Å²) in [7, 11) is 0. The molecule has 1 aromatic rings. The third kappa shape index (κ3) is 2.47. The van der Waals surface area contributed by atoms with Crippen molar-refractivity contribution in [1.29, 1.82) is 0 Å². The Balaban J connectivity index is 3.00. The Morgan fingerprint density at radius 2 is 2.17 bits per heavy atom. The molecule has 0 aliphatic heterocycles. The van der Waals surface area contributed by atoms with E-state index in [2.05, 4.69) is 15.9 Å². The van der Waals surface area contributed by atoms with Crippen LogP contribution in [-0.2, 0) is 0 Å². The van der Waals surface area contributed by atoms with Crippen LogP contribution in [0.25, 0.3) is 0 Å². The number of aryl methyl sites for hydroxylation is 1. The fraction of sp³-hybridized carbons (Fsp3) is 0.333. The van der Waals surface area contributed by atoms with Crippen LogP contribution in [0, 0.1) is 6.92 Å². The molecule has 0 aliphatic carbocycles. The van der Waals surface area contributed by atoms with Gasteiger partial charge in [-0.05, 0) is 30.2 Å². The molecule has 1 N–H and O–H groups in total. The molecule has 0 bridgehead atoms. The van der Waals surface area contributed by atoms with Crippen molar-refractivity contribution in [2.24, 2.45) is 0 Å². The molecule has 1 atom stereocenters. The van der Waals surface area contributed by atoms with Gasteiger partial charge in [0, 0.05) is 4.47 Å². The van der Waals surface area contributed by atoms with E-state index >= 15 is 0 Å². The molecule has 0 spiro atoms.